The summed E-state index contributed by atoms with van der Waals surface area (Å²) in [6.07, 6.45) is 6.08. The quantitative estimate of drug-likeness (QED) is 0.450. The van der Waals surface area contributed by atoms with E-state index >= 15 is 0 Å². The van der Waals surface area contributed by atoms with E-state index in [4.69, 9.17) is 4.74 Å². The van der Waals surface area contributed by atoms with Crippen molar-refractivity contribution in [2.75, 3.05) is 33.3 Å². The van der Waals surface area contributed by atoms with Gasteiger partial charge in [-0.15, -0.1) is 0 Å². The molecule has 162 valence electrons. The molecule has 1 N–H and O–H groups in total. The van der Waals surface area contributed by atoms with Crippen molar-refractivity contribution in [2.45, 2.75) is 19.4 Å². The van der Waals surface area contributed by atoms with Gasteiger partial charge in [-0.1, -0.05) is 48.5 Å². The second kappa shape index (κ2) is 10.8. The van der Waals surface area contributed by atoms with Crippen LogP contribution in [0.1, 0.15) is 17.5 Å². The third-order valence-corrected chi connectivity index (χ3v) is 5.62. The number of rotatable bonds is 8. The standard InChI is InChI=1S/C25H31N5O/c1-26-25(27-14-12-22-16-28-30(18-22)24-10-6-3-7-11-24)29-15-13-23(17-29)20-31-19-21-8-4-2-5-9-21/h2-11,16,18,23H,12-15,17,19-20H2,1H3,(H,26,27). The van der Waals surface area contributed by atoms with Crippen LogP contribution in [-0.4, -0.2) is 53.9 Å². The second-order valence-electron chi connectivity index (χ2n) is 7.95. The lowest BCUT2D eigenvalue weighted by atomic mass is 10.1. The van der Waals surface area contributed by atoms with Gasteiger partial charge >= 0.3 is 0 Å². The van der Waals surface area contributed by atoms with Crippen molar-refractivity contribution < 1.29 is 4.74 Å². The maximum absolute atomic E-state index is 5.95. The van der Waals surface area contributed by atoms with Crippen LogP contribution in [-0.2, 0) is 17.8 Å². The molecule has 31 heavy (non-hydrogen) atoms. The highest BCUT2D eigenvalue weighted by molar-refractivity contribution is 5.80. The third kappa shape index (κ3) is 5.95. The summed E-state index contributed by atoms with van der Waals surface area (Å²) in [6, 6.07) is 20.5. The van der Waals surface area contributed by atoms with Gasteiger partial charge < -0.3 is 15.0 Å². The van der Waals surface area contributed by atoms with Gasteiger partial charge in [-0.3, -0.25) is 4.99 Å². The normalized spacial score (nSPS) is 16.6. The lowest BCUT2D eigenvalue weighted by molar-refractivity contribution is 0.0907. The molecule has 0 bridgehead atoms. The smallest absolute Gasteiger partial charge is 0.193 e. The highest BCUT2D eigenvalue weighted by atomic mass is 16.5. The number of hydrogen-bond acceptors (Lipinski definition) is 3. The number of nitrogens with one attached hydrogen (secondary N) is 1. The Morgan fingerprint density at radius 2 is 1.87 bits per heavy atom. The highest BCUT2D eigenvalue weighted by Crippen LogP contribution is 2.17. The van der Waals surface area contributed by atoms with E-state index < -0.39 is 0 Å². The summed E-state index contributed by atoms with van der Waals surface area (Å²) in [5, 5.41) is 7.99. The first kappa shape index (κ1) is 21.1. The molecule has 1 aliphatic heterocycles. The fourth-order valence-electron chi connectivity index (χ4n) is 3.94. The topological polar surface area (TPSA) is 54.7 Å². The maximum Gasteiger partial charge on any atom is 0.193 e. The zero-order valence-corrected chi connectivity index (χ0v) is 18.2. The van der Waals surface area contributed by atoms with Crippen LogP contribution in [0.25, 0.3) is 5.69 Å². The van der Waals surface area contributed by atoms with Crippen molar-refractivity contribution in [1.82, 2.24) is 20.0 Å². The second-order valence-corrected chi connectivity index (χ2v) is 7.95. The average molecular weight is 418 g/mol. The van der Waals surface area contributed by atoms with E-state index in [0.717, 1.165) is 50.7 Å². The van der Waals surface area contributed by atoms with Crippen LogP contribution in [0.4, 0.5) is 0 Å². The van der Waals surface area contributed by atoms with Gasteiger partial charge in [-0.25, -0.2) is 4.68 Å². The number of hydrogen-bond donors (Lipinski definition) is 1. The molecule has 1 saturated heterocycles. The number of aliphatic imine (C=N–C) groups is 1. The highest BCUT2D eigenvalue weighted by Gasteiger charge is 2.24. The molecule has 0 aliphatic carbocycles. The summed E-state index contributed by atoms with van der Waals surface area (Å²) >= 11 is 0. The summed E-state index contributed by atoms with van der Waals surface area (Å²) in [7, 11) is 1.86. The molecule has 1 aliphatic rings. The molecule has 1 fully saturated rings. The van der Waals surface area contributed by atoms with Crippen molar-refractivity contribution in [1.29, 1.82) is 0 Å². The summed E-state index contributed by atoms with van der Waals surface area (Å²) in [6.45, 7) is 4.31. The summed E-state index contributed by atoms with van der Waals surface area (Å²) in [4.78, 5) is 6.82. The SMILES string of the molecule is CN=C(NCCc1cnn(-c2ccccc2)c1)N1CCC(COCc2ccccc2)C1. The Kier molecular flexibility index (Phi) is 7.34. The van der Waals surface area contributed by atoms with Gasteiger partial charge in [0.2, 0.25) is 0 Å². The number of ether oxygens (including phenoxy) is 1. The zero-order chi connectivity index (χ0) is 21.3. The number of nitrogens with zero attached hydrogens (tertiary/aromatic N) is 4. The number of benzene rings is 2. The van der Waals surface area contributed by atoms with Crippen LogP contribution in [0, 0.1) is 5.92 Å². The van der Waals surface area contributed by atoms with Crippen molar-refractivity contribution in [3.8, 4) is 5.69 Å². The lowest BCUT2D eigenvalue weighted by Gasteiger charge is -2.21. The first-order valence-corrected chi connectivity index (χ1v) is 11.0. The maximum atomic E-state index is 5.95. The molecule has 0 spiro atoms. The van der Waals surface area contributed by atoms with E-state index in [1.165, 1.54) is 11.1 Å². The van der Waals surface area contributed by atoms with Gasteiger partial charge in [-0.05, 0) is 36.1 Å². The molecule has 6 nitrogen and oxygen atoms in total. The summed E-state index contributed by atoms with van der Waals surface area (Å²) in [5.74, 6) is 1.52. The first-order chi connectivity index (χ1) is 15.3. The van der Waals surface area contributed by atoms with E-state index in [9.17, 15) is 0 Å². The molecule has 1 atom stereocenters. The monoisotopic (exact) mass is 417 g/mol. The largest absolute Gasteiger partial charge is 0.376 e. The van der Waals surface area contributed by atoms with Crippen LogP contribution in [0.5, 0.6) is 0 Å². The number of likely N-dealkylation sites (tertiary alicyclic amines) is 1. The minimum absolute atomic E-state index is 0.548. The van der Waals surface area contributed by atoms with E-state index in [0.29, 0.717) is 12.5 Å². The molecule has 0 amide bonds. The molecule has 2 heterocycles. The van der Waals surface area contributed by atoms with Gasteiger partial charge in [0.1, 0.15) is 0 Å². The molecule has 1 unspecified atom stereocenters. The minimum Gasteiger partial charge on any atom is -0.376 e. The van der Waals surface area contributed by atoms with E-state index in [1.807, 2.05) is 42.2 Å². The molecule has 6 heteroatoms. The first-order valence-electron chi connectivity index (χ1n) is 11.0. The van der Waals surface area contributed by atoms with E-state index in [-0.39, 0.29) is 0 Å². The predicted octanol–water partition coefficient (Wildman–Crippen LogP) is 3.53. The van der Waals surface area contributed by atoms with Crippen molar-refractivity contribution in [2.24, 2.45) is 10.9 Å². The molecule has 0 radical (unpaired) electrons. The Morgan fingerprint density at radius 3 is 2.65 bits per heavy atom. The van der Waals surface area contributed by atoms with Crippen LogP contribution < -0.4 is 5.32 Å². The third-order valence-electron chi connectivity index (χ3n) is 5.62. The van der Waals surface area contributed by atoms with Crippen LogP contribution in [0.3, 0.4) is 0 Å². The van der Waals surface area contributed by atoms with E-state index in [2.05, 4.69) is 62.9 Å². The fourth-order valence-corrected chi connectivity index (χ4v) is 3.94. The number of aromatic nitrogens is 2. The molecule has 3 aromatic rings. The Hall–Kier alpha value is -3.12. The zero-order valence-electron chi connectivity index (χ0n) is 18.2. The molecule has 2 aromatic carbocycles. The summed E-state index contributed by atoms with van der Waals surface area (Å²) < 4.78 is 7.87. The van der Waals surface area contributed by atoms with Crippen molar-refractivity contribution in [3.05, 3.63) is 84.2 Å². The number of para-hydroxylation sites is 1. The molecule has 4 rings (SSSR count). The van der Waals surface area contributed by atoms with E-state index in [1.54, 1.807) is 0 Å². The van der Waals surface area contributed by atoms with Crippen molar-refractivity contribution >= 4 is 5.96 Å². The van der Waals surface area contributed by atoms with Crippen LogP contribution in [0.15, 0.2) is 78.0 Å². The van der Waals surface area contributed by atoms with Crippen LogP contribution in [0.2, 0.25) is 0 Å². The molecular formula is C25H31N5O. The minimum atomic E-state index is 0.548. The predicted molar refractivity (Wildman–Crippen MR) is 124 cm³/mol. The fraction of sp³-hybridized carbons (Fsp3) is 0.360. The van der Waals surface area contributed by atoms with Gasteiger partial charge in [0, 0.05) is 38.8 Å². The van der Waals surface area contributed by atoms with Crippen LogP contribution >= 0.6 is 0 Å². The molecular weight excluding hydrogens is 386 g/mol. The average Bonchev–Trinajstić information content (AvgIpc) is 3.48. The molecule has 1 aromatic heterocycles. The number of guanidine groups is 1. The Labute approximate surface area is 184 Å². The lowest BCUT2D eigenvalue weighted by Crippen LogP contribution is -2.41. The Morgan fingerprint density at radius 1 is 1.10 bits per heavy atom. The van der Waals surface area contributed by atoms with Gasteiger partial charge in [0.15, 0.2) is 5.96 Å². The van der Waals surface area contributed by atoms with Gasteiger partial charge in [0.25, 0.3) is 0 Å². The van der Waals surface area contributed by atoms with Gasteiger partial charge in [0.05, 0.1) is 25.1 Å². The Balaban J connectivity index is 1.19. The van der Waals surface area contributed by atoms with Gasteiger partial charge in [-0.2, -0.15) is 5.10 Å². The summed E-state index contributed by atoms with van der Waals surface area (Å²) in [5.41, 5.74) is 3.51. The molecule has 0 saturated carbocycles. The van der Waals surface area contributed by atoms with Crippen molar-refractivity contribution in [3.63, 3.8) is 0 Å². The Bertz CT molecular complexity index is 954.